The summed E-state index contributed by atoms with van der Waals surface area (Å²) in [5, 5.41) is 10.2. The van der Waals surface area contributed by atoms with E-state index in [-0.39, 0.29) is 28.9 Å². The van der Waals surface area contributed by atoms with E-state index >= 15 is 4.39 Å². The molecule has 1 atom stereocenters. The van der Waals surface area contributed by atoms with Crippen molar-refractivity contribution in [3.8, 4) is 5.75 Å². The van der Waals surface area contributed by atoms with Crippen molar-refractivity contribution in [1.29, 1.82) is 0 Å². The number of carboxylic acid groups (broad SMARTS) is 1. The van der Waals surface area contributed by atoms with Gasteiger partial charge >= 0.3 is 5.97 Å². The molecule has 2 aliphatic rings. The summed E-state index contributed by atoms with van der Waals surface area (Å²) in [4.78, 5) is 33.1. The molecule has 1 saturated heterocycles. The zero-order chi connectivity index (χ0) is 24.3. The maximum atomic E-state index is 15.4. The monoisotopic (exact) mass is 498 g/mol. The molecule has 2 aromatic heterocycles. The highest BCUT2D eigenvalue weighted by molar-refractivity contribution is 7.22. The van der Waals surface area contributed by atoms with Gasteiger partial charge in [-0.3, -0.25) is 4.79 Å². The van der Waals surface area contributed by atoms with Crippen LogP contribution in [0, 0.1) is 5.82 Å². The van der Waals surface area contributed by atoms with Crippen molar-refractivity contribution < 1.29 is 23.4 Å². The van der Waals surface area contributed by atoms with Crippen LogP contribution in [0.15, 0.2) is 41.3 Å². The predicted molar refractivity (Wildman–Crippen MR) is 130 cm³/mol. The van der Waals surface area contributed by atoms with E-state index in [0.717, 1.165) is 27.6 Å². The van der Waals surface area contributed by atoms with Crippen LogP contribution < -0.4 is 20.0 Å². The van der Waals surface area contributed by atoms with Crippen LogP contribution >= 0.6 is 11.3 Å². The summed E-state index contributed by atoms with van der Waals surface area (Å²) >= 11 is 1.61. The number of carbonyl (C=O) groups is 1. The normalized spacial score (nSPS) is 17.7. The Morgan fingerprint density at radius 2 is 1.94 bits per heavy atom. The Labute approximate surface area is 201 Å². The molecule has 6 rings (SSSR count). The summed E-state index contributed by atoms with van der Waals surface area (Å²) in [6.45, 7) is 1.27. The van der Waals surface area contributed by atoms with Crippen LogP contribution in [0.2, 0.25) is 0 Å². The van der Waals surface area contributed by atoms with Gasteiger partial charge in [0.2, 0.25) is 5.43 Å². The number of piperazine rings is 1. The molecule has 180 valence electrons. The van der Waals surface area contributed by atoms with Crippen LogP contribution in [0.25, 0.3) is 21.1 Å². The van der Waals surface area contributed by atoms with E-state index in [1.807, 2.05) is 29.2 Å². The number of fused-ring (bicyclic) bond motifs is 1. The second-order valence-corrected chi connectivity index (χ2v) is 9.58. The van der Waals surface area contributed by atoms with E-state index < -0.39 is 35.5 Å². The van der Waals surface area contributed by atoms with Crippen molar-refractivity contribution in [2.45, 2.75) is 6.04 Å². The van der Waals surface area contributed by atoms with E-state index in [1.165, 1.54) is 4.57 Å². The Bertz CT molecular complexity index is 1510. The van der Waals surface area contributed by atoms with E-state index in [1.54, 1.807) is 11.3 Å². The Balaban J connectivity index is 1.39. The fourth-order valence-corrected chi connectivity index (χ4v) is 5.83. The van der Waals surface area contributed by atoms with Crippen LogP contribution in [0.1, 0.15) is 16.4 Å². The van der Waals surface area contributed by atoms with Gasteiger partial charge in [0, 0.05) is 32.4 Å². The molecular weight excluding hydrogens is 478 g/mol. The van der Waals surface area contributed by atoms with Crippen molar-refractivity contribution in [3.05, 3.63) is 58.1 Å². The summed E-state index contributed by atoms with van der Waals surface area (Å²) in [6, 6.07) is 8.16. The van der Waals surface area contributed by atoms with E-state index in [9.17, 15) is 19.1 Å². The lowest BCUT2D eigenvalue weighted by Gasteiger charge is -2.38. The number of rotatable bonds is 4. The molecule has 0 spiro atoms. The fraction of sp³-hybridized carbons (Fsp3) is 0.292. The highest BCUT2D eigenvalue weighted by Gasteiger charge is 2.32. The molecule has 4 heterocycles. The first-order valence-electron chi connectivity index (χ1n) is 11.1. The van der Waals surface area contributed by atoms with Gasteiger partial charge in [0.15, 0.2) is 16.7 Å². The molecule has 0 radical (unpaired) electrons. The minimum atomic E-state index is -1.44. The fourth-order valence-electron chi connectivity index (χ4n) is 4.81. The lowest BCUT2D eigenvalue weighted by atomic mass is 10.1. The molecule has 35 heavy (non-hydrogen) atoms. The van der Waals surface area contributed by atoms with Crippen molar-refractivity contribution in [2.75, 3.05) is 49.3 Å². The average molecular weight is 499 g/mol. The van der Waals surface area contributed by atoms with E-state index in [0.29, 0.717) is 26.2 Å². The Morgan fingerprint density at radius 3 is 2.66 bits per heavy atom. The topological polar surface area (TPSA) is 87.9 Å². The molecule has 1 unspecified atom stereocenters. The third-order valence-electron chi connectivity index (χ3n) is 6.57. The molecule has 1 N–H and O–H groups in total. The quantitative estimate of drug-likeness (QED) is 0.459. The van der Waals surface area contributed by atoms with Crippen LogP contribution in [0.3, 0.4) is 0 Å². The number of anilines is 2. The van der Waals surface area contributed by atoms with Crippen molar-refractivity contribution in [2.24, 2.45) is 0 Å². The Kier molecular flexibility index (Phi) is 5.10. The smallest absolute Gasteiger partial charge is 0.341 e. The number of carboxylic acids is 1. The molecule has 0 saturated carbocycles. The first-order valence-corrected chi connectivity index (χ1v) is 12.0. The molecule has 2 aliphatic heterocycles. The van der Waals surface area contributed by atoms with Gasteiger partial charge in [0.1, 0.15) is 24.5 Å². The van der Waals surface area contributed by atoms with Crippen LogP contribution in [-0.4, -0.2) is 60.1 Å². The molecule has 1 fully saturated rings. The summed E-state index contributed by atoms with van der Waals surface area (Å²) < 4.78 is 37.5. The maximum absolute atomic E-state index is 15.4. The highest BCUT2D eigenvalue weighted by Crippen LogP contribution is 2.42. The van der Waals surface area contributed by atoms with Gasteiger partial charge in [0.25, 0.3) is 0 Å². The van der Waals surface area contributed by atoms with Crippen LogP contribution in [0.5, 0.6) is 5.75 Å². The largest absolute Gasteiger partial charge is 0.487 e. The first-order chi connectivity index (χ1) is 17.0. The zero-order valence-corrected chi connectivity index (χ0v) is 19.2. The maximum Gasteiger partial charge on any atom is 0.341 e. The second kappa shape index (κ2) is 8.19. The Hall–Kier alpha value is -3.73. The third-order valence-corrected chi connectivity index (χ3v) is 7.67. The number of nitrogens with zero attached hydrogens (tertiary/aromatic N) is 4. The SMILES string of the molecule is O=C(O)c1cn2c3c(c(N4CCN(c5nc6ccccc6s5)CC4)c(F)cc3c1=O)OCC2CF. The summed E-state index contributed by atoms with van der Waals surface area (Å²) in [7, 11) is 0. The highest BCUT2D eigenvalue weighted by atomic mass is 32.1. The van der Waals surface area contributed by atoms with Gasteiger partial charge in [-0.05, 0) is 18.2 Å². The molecule has 0 amide bonds. The molecule has 8 nitrogen and oxygen atoms in total. The van der Waals surface area contributed by atoms with Gasteiger partial charge in [-0.2, -0.15) is 0 Å². The molecule has 0 bridgehead atoms. The van der Waals surface area contributed by atoms with Gasteiger partial charge < -0.3 is 24.2 Å². The van der Waals surface area contributed by atoms with E-state index in [4.69, 9.17) is 9.72 Å². The minimum absolute atomic E-state index is 0.0946. The lowest BCUT2D eigenvalue weighted by Crippen LogP contribution is -2.47. The number of pyridine rings is 1. The predicted octanol–water partition coefficient (Wildman–Crippen LogP) is 3.68. The third kappa shape index (κ3) is 3.41. The minimum Gasteiger partial charge on any atom is -0.487 e. The number of ether oxygens (including phenoxy) is 1. The van der Waals surface area contributed by atoms with Gasteiger partial charge in [0.05, 0.1) is 27.2 Å². The number of para-hydroxylation sites is 1. The number of aromatic carboxylic acids is 1. The van der Waals surface area contributed by atoms with Crippen molar-refractivity contribution >= 4 is 49.2 Å². The molecule has 0 aliphatic carbocycles. The van der Waals surface area contributed by atoms with Crippen molar-refractivity contribution in [3.63, 3.8) is 0 Å². The summed E-state index contributed by atoms with van der Waals surface area (Å²) in [6.07, 6.45) is 1.13. The number of alkyl halides is 1. The molecular formula is C24H20F2N4O4S. The summed E-state index contributed by atoms with van der Waals surface area (Å²) in [5.41, 5.74) is 0.0166. The zero-order valence-electron chi connectivity index (χ0n) is 18.4. The average Bonchev–Trinajstić information content (AvgIpc) is 3.30. The van der Waals surface area contributed by atoms with Gasteiger partial charge in [-0.1, -0.05) is 23.5 Å². The lowest BCUT2D eigenvalue weighted by molar-refractivity contribution is 0.0694. The number of halogens is 2. The number of hydrogen-bond donors (Lipinski definition) is 1. The summed E-state index contributed by atoms with van der Waals surface area (Å²) in [5.74, 6) is -1.97. The van der Waals surface area contributed by atoms with E-state index in [2.05, 4.69) is 4.90 Å². The van der Waals surface area contributed by atoms with Crippen LogP contribution in [-0.2, 0) is 0 Å². The van der Waals surface area contributed by atoms with Gasteiger partial charge in [-0.25, -0.2) is 18.6 Å². The van der Waals surface area contributed by atoms with Gasteiger partial charge in [-0.15, -0.1) is 0 Å². The number of thiazole rings is 1. The van der Waals surface area contributed by atoms with Crippen molar-refractivity contribution in [1.82, 2.24) is 9.55 Å². The van der Waals surface area contributed by atoms with Crippen LogP contribution in [0.4, 0.5) is 19.6 Å². The molecule has 2 aromatic carbocycles. The number of benzene rings is 2. The standard InChI is InChI=1S/C24H20F2N4O4S/c25-10-13-12-34-22-19-14(21(31)15(23(32)33)11-30(13)19)9-16(26)20(22)28-5-7-29(8-6-28)24-27-17-3-1-2-4-18(17)35-24/h1-4,9,11,13H,5-8,10,12H2,(H,32,33). The number of hydrogen-bond acceptors (Lipinski definition) is 7. The molecule has 11 heteroatoms. The Morgan fingerprint density at radius 1 is 1.20 bits per heavy atom. The first kappa shape index (κ1) is 21.8. The number of aromatic nitrogens is 2. The second-order valence-electron chi connectivity index (χ2n) is 8.57. The molecule has 4 aromatic rings.